The fourth-order valence-corrected chi connectivity index (χ4v) is 9.78. The lowest BCUT2D eigenvalue weighted by Gasteiger charge is -2.23. The number of thiazole rings is 1. The highest BCUT2D eigenvalue weighted by Crippen LogP contribution is 2.32. The summed E-state index contributed by atoms with van der Waals surface area (Å²) in [6, 6.07) is 8.74. The predicted molar refractivity (Wildman–Crippen MR) is 270 cm³/mol. The second-order valence-corrected chi connectivity index (χ2v) is 20.3. The molecule has 75 heavy (non-hydrogen) atoms. The second-order valence-electron chi connectivity index (χ2n) is 17.3. The Balaban J connectivity index is 0.956. The van der Waals surface area contributed by atoms with Crippen molar-refractivity contribution in [2.24, 2.45) is 11.8 Å². The second kappa shape index (κ2) is 28.8. The Morgan fingerprint density at radius 3 is 2.41 bits per heavy atom. The predicted octanol–water partition coefficient (Wildman–Crippen LogP) is 2.26. The van der Waals surface area contributed by atoms with Crippen molar-refractivity contribution < 1.29 is 61.9 Å². The zero-order valence-electron chi connectivity index (χ0n) is 41.2. The van der Waals surface area contributed by atoms with Crippen LogP contribution in [0, 0.1) is 5.92 Å². The molecule has 0 bridgehead atoms. The van der Waals surface area contributed by atoms with Crippen molar-refractivity contribution in [2.75, 3.05) is 39.2 Å². The first-order chi connectivity index (χ1) is 36.1. The van der Waals surface area contributed by atoms with Gasteiger partial charge in [0.25, 0.3) is 0 Å². The number of hydrogen-bond acceptors (Lipinski definition) is 20. The molecule has 404 valence electrons. The van der Waals surface area contributed by atoms with Gasteiger partial charge in [-0.25, -0.2) is 19.1 Å². The Bertz CT molecular complexity index is 2740. The van der Waals surface area contributed by atoms with Crippen LogP contribution in [0.4, 0.5) is 4.39 Å². The van der Waals surface area contributed by atoms with Crippen molar-refractivity contribution in [3.8, 4) is 11.5 Å². The zero-order chi connectivity index (χ0) is 53.9. The number of benzene rings is 2. The maximum absolute atomic E-state index is 13.7. The van der Waals surface area contributed by atoms with Gasteiger partial charge in [0, 0.05) is 45.0 Å². The molecule has 1 saturated heterocycles. The minimum absolute atomic E-state index is 0.0283. The molecular formula is C46H58FN13O12S3. The molecule has 4 heterocycles. The Kier molecular flexibility index (Phi) is 22.0. The maximum atomic E-state index is 13.7. The first-order valence-corrected chi connectivity index (χ1v) is 26.5. The summed E-state index contributed by atoms with van der Waals surface area (Å²) in [7, 11) is 0. The number of aryl methyl sites for hydroxylation is 1. The molecule has 1 aliphatic rings. The molecule has 1 unspecified atom stereocenters. The van der Waals surface area contributed by atoms with E-state index in [2.05, 4.69) is 56.2 Å². The van der Waals surface area contributed by atoms with Gasteiger partial charge >= 0.3 is 5.97 Å². The number of carboxylic acids is 1. The van der Waals surface area contributed by atoms with Crippen LogP contribution in [0.5, 0.6) is 11.5 Å². The zero-order valence-corrected chi connectivity index (χ0v) is 43.6. The van der Waals surface area contributed by atoms with E-state index in [1.54, 1.807) is 68.8 Å². The van der Waals surface area contributed by atoms with Gasteiger partial charge in [-0.1, -0.05) is 36.4 Å². The molecule has 1 fully saturated rings. The monoisotopic (exact) mass is 1100 g/mol. The Morgan fingerprint density at radius 1 is 0.920 bits per heavy atom. The number of nitrogens with two attached hydrogens (primary N) is 1. The fourth-order valence-electron chi connectivity index (χ4n) is 7.69. The van der Waals surface area contributed by atoms with Gasteiger partial charge in [-0.3, -0.25) is 38.1 Å². The lowest BCUT2D eigenvalue weighted by Crippen LogP contribution is -2.48. The van der Waals surface area contributed by atoms with Gasteiger partial charge in [-0.05, 0) is 67.3 Å². The Morgan fingerprint density at radius 2 is 1.69 bits per heavy atom. The average Bonchev–Trinajstić information content (AvgIpc) is 4.19. The number of nitrogens with one attached hydrogen (secondary N) is 4. The van der Waals surface area contributed by atoms with Crippen molar-refractivity contribution in [1.82, 2.24) is 61.1 Å². The molecule has 4 atom stereocenters. The lowest BCUT2D eigenvalue weighted by atomic mass is 10.0. The minimum Gasteiger partial charge on any atom is -0.492 e. The molecule has 7 N–H and O–H groups in total. The van der Waals surface area contributed by atoms with E-state index in [9.17, 15) is 43.1 Å². The van der Waals surface area contributed by atoms with Crippen LogP contribution in [0.3, 0.4) is 0 Å². The largest absolute Gasteiger partial charge is 0.492 e. The molecule has 0 aliphatic carbocycles. The van der Waals surface area contributed by atoms with Crippen molar-refractivity contribution >= 4 is 86.8 Å². The van der Waals surface area contributed by atoms with Gasteiger partial charge in [-0.15, -0.1) is 30.9 Å². The molecule has 6 amide bonds. The van der Waals surface area contributed by atoms with Gasteiger partial charge in [0.1, 0.15) is 67.1 Å². The molecule has 3 aromatic heterocycles. The molecule has 0 radical (unpaired) electrons. The number of likely N-dealkylation sites (tertiary alicyclic amines) is 1. The average molecular weight is 1100 g/mol. The number of carbonyl (C=O) groups excluding carboxylic acids is 6. The summed E-state index contributed by atoms with van der Waals surface area (Å²) in [5, 5.41) is 36.5. The van der Waals surface area contributed by atoms with Crippen LogP contribution in [0.25, 0.3) is 10.2 Å². The number of alkyl halides is 1. The summed E-state index contributed by atoms with van der Waals surface area (Å²) < 4.78 is 33.1. The number of hydrogen-bond donors (Lipinski definition) is 6. The molecule has 0 spiro atoms. The molecule has 5 aromatic rings. The summed E-state index contributed by atoms with van der Waals surface area (Å²) in [6.07, 6.45) is 5.79. The van der Waals surface area contributed by atoms with Crippen LogP contribution in [0.1, 0.15) is 68.9 Å². The number of nitrogens with zero attached hydrogens (tertiary/aromatic N) is 8. The number of imide groups is 1. The van der Waals surface area contributed by atoms with Gasteiger partial charge in [0.2, 0.25) is 35.4 Å². The number of carboxylic acid groups (broad SMARTS) is 1. The van der Waals surface area contributed by atoms with Gasteiger partial charge in [-0.2, -0.15) is 17.7 Å². The third-order valence-electron chi connectivity index (χ3n) is 11.4. The van der Waals surface area contributed by atoms with E-state index in [-0.39, 0.29) is 95.1 Å². The lowest BCUT2D eigenvalue weighted by molar-refractivity contribution is -0.195. The Labute approximate surface area is 441 Å². The normalized spacial score (nSPS) is 14.7. The molecule has 6 rings (SSSR count). The summed E-state index contributed by atoms with van der Waals surface area (Å²) in [6.45, 7) is 3.16. The number of amides is 6. The number of carbonyl (C=O) groups is 7. The number of aromatic nitrogens is 7. The van der Waals surface area contributed by atoms with Crippen molar-refractivity contribution in [1.29, 1.82) is 0 Å². The van der Waals surface area contributed by atoms with E-state index in [1.807, 2.05) is 0 Å². The quantitative estimate of drug-likeness (QED) is 0.0118. The summed E-state index contributed by atoms with van der Waals surface area (Å²) >= 11 is 3.49. The molecular weight excluding hydrogens is 1040 g/mol. The van der Waals surface area contributed by atoms with E-state index in [4.69, 9.17) is 15.4 Å². The highest BCUT2D eigenvalue weighted by Gasteiger charge is 2.38. The smallest absolute Gasteiger partial charge is 0.326 e. The maximum Gasteiger partial charge on any atom is 0.326 e. The van der Waals surface area contributed by atoms with Gasteiger partial charge in [0.15, 0.2) is 4.34 Å². The van der Waals surface area contributed by atoms with Crippen molar-refractivity contribution in [3.63, 3.8) is 0 Å². The fraction of sp³-hybridized carbons (Fsp3) is 0.478. The molecule has 1 aliphatic heterocycles. The van der Waals surface area contributed by atoms with E-state index in [0.29, 0.717) is 45.6 Å². The minimum atomic E-state index is -1.29. The van der Waals surface area contributed by atoms with Crippen LogP contribution >= 0.6 is 35.1 Å². The summed E-state index contributed by atoms with van der Waals surface area (Å²) in [5.41, 5.74) is 2.18. The van der Waals surface area contributed by atoms with Crippen LogP contribution in [0.2, 0.25) is 0 Å². The number of halogens is 1. The number of aliphatic carboxylic acids is 1. The highest BCUT2D eigenvalue weighted by molar-refractivity contribution is 8.00. The Hall–Kier alpha value is -6.79. The number of ether oxygens (including phenoxy) is 2. The first kappa shape index (κ1) is 57.5. The number of thioether (sulfide) groups is 1. The topological polar surface area (TPSA) is 328 Å². The van der Waals surface area contributed by atoms with E-state index < -0.39 is 53.7 Å². The molecule has 2 aromatic carbocycles. The van der Waals surface area contributed by atoms with E-state index in [1.165, 1.54) is 38.7 Å². The molecule has 25 nitrogen and oxygen atoms in total. The van der Waals surface area contributed by atoms with Gasteiger partial charge < -0.3 is 35.8 Å². The number of unbranched alkanes of at least 4 members (excludes halogenated alkanes) is 1. The van der Waals surface area contributed by atoms with Crippen LogP contribution in [-0.4, -0.2) is 143 Å². The summed E-state index contributed by atoms with van der Waals surface area (Å²) in [4.78, 5) is 99.5. The number of rotatable bonds is 32. The van der Waals surface area contributed by atoms with Crippen molar-refractivity contribution in [3.05, 3.63) is 71.8 Å². The highest BCUT2D eigenvalue weighted by atomic mass is 32.2. The van der Waals surface area contributed by atoms with E-state index in [0.717, 1.165) is 27.2 Å². The van der Waals surface area contributed by atoms with Gasteiger partial charge in [0.05, 0.1) is 40.6 Å². The van der Waals surface area contributed by atoms with Crippen molar-refractivity contribution in [2.45, 2.75) is 99.7 Å². The number of fused-ring (bicyclic) bond motifs is 1. The van der Waals surface area contributed by atoms with E-state index >= 15 is 0 Å². The molecule has 0 saturated carbocycles. The SMILES string of the molecule is CSC1CC(=O)N(CCC(=O)N[C@@H](CCCCNC(=O)Cn2cc(CC[18F])nn2)C(=O)NCCOc2ccc(C[C@H](NC(=O)[C@H](C(C)C)n3cc(COc4ccc5nc(SOON)sc5c4)nn3)C(=O)O)cc2)C1=O. The standard InChI is InChI=1S/C46H58FN13O12S3/c1-27(2)41(60-24-30(55-57-60)26-70-32-11-12-33-36(21-32)74-46(53-33)75-72-71-48)43(65)52-35(45(67)68)20-28-7-9-31(10-8-28)69-19-17-50-42(64)34(51-38(61)14-18-59-40(63)22-37(73-3)44(59)66)6-4-5-16-49-39(62)25-58-23-29(13-15-47)54-56-58/h7-12,21,23-24,27,34-35,37,41H,4-6,13-20,22,25-26,48H2,1-3H3,(H,49,62)(H,50,64)(H,51,61)(H,52,65)(H,67,68)/t34-,35-,37?,41-/m0/s1/i47-1. The third-order valence-corrected chi connectivity index (χ3v) is 14.0. The third kappa shape index (κ3) is 17.4. The molecule has 29 heteroatoms. The summed E-state index contributed by atoms with van der Waals surface area (Å²) in [5.74, 6) is 1.67. The van der Waals surface area contributed by atoms with Crippen LogP contribution in [0.15, 0.2) is 59.2 Å². The first-order valence-electron chi connectivity index (χ1n) is 23.7. The van der Waals surface area contributed by atoms with Crippen LogP contribution in [-0.2, 0) is 68.9 Å². The van der Waals surface area contributed by atoms with Crippen LogP contribution < -0.4 is 36.6 Å².